The van der Waals surface area contributed by atoms with E-state index < -0.39 is 0 Å². The van der Waals surface area contributed by atoms with E-state index in [2.05, 4.69) is 32.6 Å². The highest BCUT2D eigenvalue weighted by Gasteiger charge is 1.86. The molecule has 0 aliphatic carbocycles. The molecule has 0 saturated heterocycles. The van der Waals surface area contributed by atoms with Gasteiger partial charge in [-0.3, -0.25) is 0 Å². The Morgan fingerprint density at radius 2 is 1.12 bits per heavy atom. The largest absolute Gasteiger partial charge is 0.396 e. The minimum atomic E-state index is 0.284. The molecule has 0 atom stereocenters. The predicted octanol–water partition coefficient (Wildman–Crippen LogP) is 6.84. The molecule has 0 saturated carbocycles. The molecule has 0 aromatic heterocycles. The highest BCUT2D eigenvalue weighted by atomic mass is 16.2. The van der Waals surface area contributed by atoms with Gasteiger partial charge in [-0.2, -0.15) is 0 Å². The summed E-state index contributed by atoms with van der Waals surface area (Å²) in [7, 11) is 0. The van der Waals surface area contributed by atoms with E-state index in [0.717, 1.165) is 25.5 Å². The quantitative estimate of drug-likeness (QED) is 0.207. The van der Waals surface area contributed by atoms with Gasteiger partial charge in [0.1, 0.15) is 13.1 Å². The molecule has 0 bridgehead atoms. The van der Waals surface area contributed by atoms with Gasteiger partial charge < -0.3 is 14.7 Å². The molecule has 0 aliphatic rings. The van der Waals surface area contributed by atoms with Gasteiger partial charge in [-0.05, 0) is 32.6 Å². The Hall–Kier alpha value is -1.22. The van der Waals surface area contributed by atoms with E-state index in [1.807, 2.05) is 13.7 Å². The zero-order valence-electron chi connectivity index (χ0n) is 17.9. The minimum Gasteiger partial charge on any atom is -0.396 e. The molecule has 0 heterocycles. The summed E-state index contributed by atoms with van der Waals surface area (Å²) in [5, 5.41) is 8.49. The molecule has 0 spiro atoms. The van der Waals surface area contributed by atoms with Crippen molar-refractivity contribution in [1.29, 1.82) is 0 Å². The van der Waals surface area contributed by atoms with Crippen LogP contribution in [0.1, 0.15) is 104 Å². The molecule has 0 unspecified atom stereocenters. The van der Waals surface area contributed by atoms with E-state index in [-0.39, 0.29) is 6.61 Å². The number of carbonyl (C=O) groups is 2. The monoisotopic (exact) mass is 370 g/mol. The van der Waals surface area contributed by atoms with Gasteiger partial charge >= 0.3 is 0 Å². The van der Waals surface area contributed by atoms with Crippen LogP contribution in [0, 0.1) is 0 Å². The van der Waals surface area contributed by atoms with E-state index in [1.165, 1.54) is 64.2 Å². The summed E-state index contributed by atoms with van der Waals surface area (Å²) >= 11 is 0. The highest BCUT2D eigenvalue weighted by molar-refractivity contribution is 5.48. The van der Waals surface area contributed by atoms with E-state index in [1.54, 1.807) is 6.08 Å². The number of rotatable bonds is 14. The number of aldehydes is 1. The van der Waals surface area contributed by atoms with Crippen LogP contribution >= 0.6 is 0 Å². The van der Waals surface area contributed by atoms with Crippen LogP contribution in [0.25, 0.3) is 0 Å². The first-order valence-corrected chi connectivity index (χ1v) is 10.3. The molecule has 0 aromatic rings. The summed E-state index contributed by atoms with van der Waals surface area (Å²) in [6, 6.07) is 0. The Balaban J connectivity index is -0.000000152. The average molecular weight is 371 g/mol. The molecule has 0 radical (unpaired) electrons. The Labute approximate surface area is 164 Å². The van der Waals surface area contributed by atoms with E-state index in [9.17, 15) is 4.79 Å². The number of carbonyl (C=O) groups excluding carboxylic acids is 2. The molecule has 3 heteroatoms. The van der Waals surface area contributed by atoms with Crippen LogP contribution in [0.4, 0.5) is 0 Å². The Bertz CT molecular complexity index is 250. The smallest absolute Gasteiger partial charge is 0.119 e. The Morgan fingerprint density at radius 1 is 0.731 bits per heavy atom. The summed E-state index contributed by atoms with van der Waals surface area (Å²) in [5.41, 5.74) is 0. The second-order valence-corrected chi connectivity index (χ2v) is 5.96. The van der Waals surface area contributed by atoms with Crippen molar-refractivity contribution in [2.24, 2.45) is 0 Å². The molecule has 0 amide bonds. The van der Waals surface area contributed by atoms with Crippen molar-refractivity contribution < 1.29 is 14.7 Å². The molecule has 156 valence electrons. The first kappa shape index (κ1) is 32.5. The fourth-order valence-electron chi connectivity index (χ4n) is 2.01. The number of allylic oxidation sites excluding steroid dienone is 2. The summed E-state index contributed by atoms with van der Waals surface area (Å²) < 4.78 is 0. The zero-order valence-corrected chi connectivity index (χ0v) is 17.9. The van der Waals surface area contributed by atoms with Gasteiger partial charge in [-0.1, -0.05) is 83.4 Å². The molecule has 0 rings (SSSR count). The topological polar surface area (TPSA) is 54.4 Å². The second-order valence-electron chi connectivity index (χ2n) is 5.96. The van der Waals surface area contributed by atoms with Crippen LogP contribution in [-0.4, -0.2) is 24.8 Å². The van der Waals surface area contributed by atoms with E-state index >= 15 is 0 Å². The maximum atomic E-state index is 9.84. The van der Waals surface area contributed by atoms with Crippen LogP contribution in [-0.2, 0) is 9.59 Å². The summed E-state index contributed by atoms with van der Waals surface area (Å²) in [6.07, 6.45) is 22.7. The van der Waals surface area contributed by atoms with Crippen molar-refractivity contribution in [2.45, 2.75) is 104 Å². The second kappa shape index (κ2) is 43.8. The number of unbranched alkanes of at least 4 members (excludes halogenated alkanes) is 10. The Kier molecular flexibility index (Phi) is 54.7. The van der Waals surface area contributed by atoms with Crippen LogP contribution < -0.4 is 0 Å². The third-order valence-corrected chi connectivity index (χ3v) is 3.36. The summed E-state index contributed by atoms with van der Waals surface area (Å²) in [5.74, 6) is 0. The van der Waals surface area contributed by atoms with Gasteiger partial charge in [-0.25, -0.2) is 0 Å². The molecular formula is C23H46O3. The third kappa shape index (κ3) is 56.9. The van der Waals surface area contributed by atoms with Crippen LogP contribution in [0.5, 0.6) is 0 Å². The maximum Gasteiger partial charge on any atom is 0.119 e. The number of aliphatic hydroxyl groups excluding tert-OH is 1. The molecule has 1 N–H and O–H groups in total. The molecule has 0 aromatic carbocycles. The van der Waals surface area contributed by atoms with Gasteiger partial charge in [0.2, 0.25) is 0 Å². The number of hydrogen-bond acceptors (Lipinski definition) is 3. The lowest BCUT2D eigenvalue weighted by molar-refractivity contribution is -0.108. The van der Waals surface area contributed by atoms with Gasteiger partial charge in [0.15, 0.2) is 0 Å². The van der Waals surface area contributed by atoms with Crippen LogP contribution in [0.2, 0.25) is 0 Å². The number of aliphatic hydroxyl groups is 1. The fraction of sp³-hybridized carbons (Fsp3) is 0.739. The highest BCUT2D eigenvalue weighted by Crippen LogP contribution is 2.05. The lowest BCUT2D eigenvalue weighted by Gasteiger charge is -1.95. The van der Waals surface area contributed by atoms with Crippen molar-refractivity contribution in [3.05, 3.63) is 24.8 Å². The van der Waals surface area contributed by atoms with Crippen molar-refractivity contribution in [3.63, 3.8) is 0 Å². The first-order valence-electron chi connectivity index (χ1n) is 10.3. The predicted molar refractivity (Wildman–Crippen MR) is 117 cm³/mol. The molecule has 0 fully saturated rings. The minimum absolute atomic E-state index is 0.284. The van der Waals surface area contributed by atoms with E-state index in [4.69, 9.17) is 9.90 Å². The average Bonchev–Trinajstić information content (AvgIpc) is 2.67. The summed E-state index contributed by atoms with van der Waals surface area (Å²) in [6.45, 7) is 12.0. The standard InChI is InChI=1S/C11H22O.C8H16O.C3H6.CH2O/c1-2-3-4-5-6-7-8-9-10-11-12;1-2-3-4-5-6-7-8-9;1-3-2;1-2/h8-9,12H,2-7,10-11H2,1H3;8H,2-7H2,1H3;3H,1H2,2H3;1H2/b9-8+;;;. The van der Waals surface area contributed by atoms with E-state index in [0.29, 0.717) is 0 Å². The molecular weight excluding hydrogens is 324 g/mol. The lowest BCUT2D eigenvalue weighted by Crippen LogP contribution is -1.78. The van der Waals surface area contributed by atoms with Gasteiger partial charge in [-0.15, -0.1) is 6.58 Å². The first-order chi connectivity index (χ1) is 12.7. The molecule has 26 heavy (non-hydrogen) atoms. The van der Waals surface area contributed by atoms with Gasteiger partial charge in [0.05, 0.1) is 0 Å². The third-order valence-electron chi connectivity index (χ3n) is 3.36. The SMILES string of the molecule is C=CC.C=O.CCCCCCC/C=C/CCO.CCCCCCCC=O. The summed E-state index contributed by atoms with van der Waals surface area (Å²) in [4.78, 5) is 17.8. The zero-order chi connectivity index (χ0) is 20.7. The maximum absolute atomic E-state index is 9.84. The van der Waals surface area contributed by atoms with Crippen LogP contribution in [0.3, 0.4) is 0 Å². The van der Waals surface area contributed by atoms with Crippen LogP contribution in [0.15, 0.2) is 24.8 Å². The Morgan fingerprint density at radius 3 is 1.50 bits per heavy atom. The number of hydrogen-bond donors (Lipinski definition) is 1. The van der Waals surface area contributed by atoms with Crippen molar-refractivity contribution >= 4 is 13.1 Å². The van der Waals surface area contributed by atoms with Crippen molar-refractivity contribution in [3.8, 4) is 0 Å². The van der Waals surface area contributed by atoms with Crippen molar-refractivity contribution in [2.75, 3.05) is 6.61 Å². The molecule has 3 nitrogen and oxygen atoms in total. The van der Waals surface area contributed by atoms with Gasteiger partial charge in [0, 0.05) is 13.0 Å². The van der Waals surface area contributed by atoms with Crippen molar-refractivity contribution in [1.82, 2.24) is 0 Å². The normalized spacial score (nSPS) is 9.08. The molecule has 0 aliphatic heterocycles. The van der Waals surface area contributed by atoms with Gasteiger partial charge in [0.25, 0.3) is 0 Å². The fourth-order valence-corrected chi connectivity index (χ4v) is 2.01. The lowest BCUT2D eigenvalue weighted by atomic mass is 10.1.